The van der Waals surface area contributed by atoms with Crippen molar-refractivity contribution in [2.45, 2.75) is 25.3 Å². The van der Waals surface area contributed by atoms with Crippen molar-refractivity contribution in [1.82, 2.24) is 14.8 Å². The van der Waals surface area contributed by atoms with E-state index in [0.29, 0.717) is 32.6 Å². The second-order valence-corrected chi connectivity index (χ2v) is 8.77. The van der Waals surface area contributed by atoms with Crippen LogP contribution in [-0.4, -0.2) is 54.0 Å². The fourth-order valence-electron chi connectivity index (χ4n) is 3.96. The van der Waals surface area contributed by atoms with Crippen LogP contribution >= 0.6 is 11.3 Å². The van der Waals surface area contributed by atoms with Crippen molar-refractivity contribution in [1.29, 1.82) is 5.26 Å². The van der Waals surface area contributed by atoms with Crippen LogP contribution < -0.4 is 4.74 Å². The number of piperazine rings is 1. The minimum atomic E-state index is -0.304. The first-order valence-electron chi connectivity index (χ1n) is 10.6. The number of para-hydroxylation sites is 1. The molecule has 1 aliphatic heterocycles. The zero-order chi connectivity index (χ0) is 21.6. The molecule has 1 unspecified atom stereocenters. The number of ether oxygens (including phenoxy) is 1. The maximum absolute atomic E-state index is 12.7. The number of rotatable bonds is 7. The van der Waals surface area contributed by atoms with E-state index in [9.17, 15) is 10.1 Å². The number of aromatic nitrogens is 1. The Hall–Kier alpha value is -2.95. The van der Waals surface area contributed by atoms with Crippen molar-refractivity contribution in [3.05, 3.63) is 59.1 Å². The molecule has 1 fully saturated rings. The van der Waals surface area contributed by atoms with Crippen molar-refractivity contribution in [2.75, 3.05) is 33.3 Å². The predicted molar refractivity (Wildman–Crippen MR) is 122 cm³/mol. The molecule has 1 aliphatic rings. The molecule has 1 amide bonds. The van der Waals surface area contributed by atoms with Crippen molar-refractivity contribution in [3.63, 3.8) is 0 Å². The van der Waals surface area contributed by atoms with Crippen LogP contribution in [0.4, 0.5) is 0 Å². The molecule has 160 valence electrons. The van der Waals surface area contributed by atoms with Gasteiger partial charge >= 0.3 is 0 Å². The Labute approximate surface area is 186 Å². The Morgan fingerprint density at radius 2 is 1.90 bits per heavy atom. The lowest BCUT2D eigenvalue weighted by Crippen LogP contribution is -2.49. The first-order valence-corrected chi connectivity index (χ1v) is 11.4. The molecule has 3 aromatic rings. The fraction of sp³-hybridized carbons (Fsp3) is 0.375. The molecule has 4 rings (SSSR count). The Morgan fingerprint density at radius 1 is 1.16 bits per heavy atom. The molecule has 0 bridgehead atoms. The minimum Gasteiger partial charge on any atom is -0.497 e. The summed E-state index contributed by atoms with van der Waals surface area (Å²) in [5.41, 5.74) is 1.99. The molecule has 0 N–H and O–H groups in total. The van der Waals surface area contributed by atoms with Crippen LogP contribution in [0.3, 0.4) is 0 Å². The third kappa shape index (κ3) is 5.04. The maximum Gasteiger partial charge on any atom is 0.222 e. The monoisotopic (exact) mass is 434 g/mol. The van der Waals surface area contributed by atoms with Crippen molar-refractivity contribution in [3.8, 4) is 11.8 Å². The summed E-state index contributed by atoms with van der Waals surface area (Å²) in [4.78, 5) is 21.4. The second-order valence-electron chi connectivity index (χ2n) is 7.65. The molecule has 1 atom stereocenters. The van der Waals surface area contributed by atoms with Crippen LogP contribution in [0, 0.1) is 11.3 Å². The largest absolute Gasteiger partial charge is 0.497 e. The number of hydrogen-bond acceptors (Lipinski definition) is 6. The summed E-state index contributed by atoms with van der Waals surface area (Å²) < 4.78 is 6.40. The number of amides is 1. The highest BCUT2D eigenvalue weighted by Gasteiger charge is 2.26. The van der Waals surface area contributed by atoms with Crippen molar-refractivity contribution >= 4 is 27.5 Å². The summed E-state index contributed by atoms with van der Waals surface area (Å²) in [6.07, 6.45) is 2.18. The molecule has 0 aliphatic carbocycles. The van der Waals surface area contributed by atoms with Crippen LogP contribution in [0.25, 0.3) is 10.2 Å². The van der Waals surface area contributed by atoms with E-state index in [1.54, 1.807) is 18.4 Å². The Morgan fingerprint density at radius 3 is 2.58 bits per heavy atom. The van der Waals surface area contributed by atoms with Gasteiger partial charge in [-0.1, -0.05) is 24.3 Å². The van der Waals surface area contributed by atoms with E-state index in [0.717, 1.165) is 34.7 Å². The van der Waals surface area contributed by atoms with E-state index < -0.39 is 0 Å². The zero-order valence-electron chi connectivity index (χ0n) is 17.7. The zero-order valence-corrected chi connectivity index (χ0v) is 18.5. The molecule has 2 heterocycles. The Balaban J connectivity index is 1.25. The van der Waals surface area contributed by atoms with Gasteiger partial charge in [0.25, 0.3) is 0 Å². The molecule has 7 heteroatoms. The summed E-state index contributed by atoms with van der Waals surface area (Å²) in [5, 5.41) is 10.8. The molecular weight excluding hydrogens is 408 g/mol. The first-order chi connectivity index (χ1) is 15.2. The average Bonchev–Trinajstić information content (AvgIpc) is 3.23. The number of fused-ring (bicyclic) bond motifs is 1. The molecule has 31 heavy (non-hydrogen) atoms. The molecule has 1 saturated heterocycles. The lowest BCUT2D eigenvalue weighted by Gasteiger charge is -2.37. The number of nitrogens with zero attached hydrogens (tertiary/aromatic N) is 4. The van der Waals surface area contributed by atoms with Gasteiger partial charge in [-0.3, -0.25) is 9.69 Å². The summed E-state index contributed by atoms with van der Waals surface area (Å²) in [6, 6.07) is 17.9. The van der Waals surface area contributed by atoms with Gasteiger partial charge in [0.1, 0.15) is 11.8 Å². The molecule has 0 radical (unpaired) electrons. The van der Waals surface area contributed by atoms with Gasteiger partial charge in [-0.05, 0) is 42.7 Å². The minimum absolute atomic E-state index is 0.193. The number of methoxy groups -OCH3 is 1. The summed E-state index contributed by atoms with van der Waals surface area (Å²) in [5.74, 6) is 0.973. The molecule has 0 saturated carbocycles. The van der Waals surface area contributed by atoms with Gasteiger partial charge in [-0.2, -0.15) is 5.26 Å². The number of aryl methyl sites for hydroxylation is 1. The third-order valence-corrected chi connectivity index (χ3v) is 6.80. The predicted octanol–water partition coefficient (Wildman–Crippen LogP) is 4.04. The number of carbonyl (C=O) groups is 1. The second kappa shape index (κ2) is 9.90. The number of benzene rings is 2. The van der Waals surface area contributed by atoms with Crippen LogP contribution in [0.2, 0.25) is 0 Å². The van der Waals surface area contributed by atoms with Crippen LogP contribution in [0.1, 0.15) is 29.5 Å². The molecule has 6 nitrogen and oxygen atoms in total. The topological polar surface area (TPSA) is 69.5 Å². The number of nitriles is 1. The third-order valence-electron chi connectivity index (χ3n) is 5.71. The highest BCUT2D eigenvalue weighted by atomic mass is 32.1. The average molecular weight is 435 g/mol. The summed E-state index contributed by atoms with van der Waals surface area (Å²) >= 11 is 1.71. The molecule has 1 aromatic heterocycles. The van der Waals surface area contributed by atoms with E-state index in [1.165, 1.54) is 4.70 Å². The van der Waals surface area contributed by atoms with E-state index in [-0.39, 0.29) is 11.9 Å². The molecule has 2 aromatic carbocycles. The van der Waals surface area contributed by atoms with Gasteiger partial charge in [-0.25, -0.2) is 4.98 Å². The van der Waals surface area contributed by atoms with Crippen molar-refractivity contribution in [2.24, 2.45) is 0 Å². The van der Waals surface area contributed by atoms with E-state index in [4.69, 9.17) is 4.74 Å². The number of carbonyl (C=O) groups excluding carboxylic acids is 1. The van der Waals surface area contributed by atoms with Crippen molar-refractivity contribution < 1.29 is 9.53 Å². The normalized spacial score (nSPS) is 15.5. The van der Waals surface area contributed by atoms with Crippen LogP contribution in [-0.2, 0) is 11.2 Å². The lowest BCUT2D eigenvalue weighted by molar-refractivity contribution is -0.133. The lowest BCUT2D eigenvalue weighted by atomic mass is 10.1. The highest BCUT2D eigenvalue weighted by molar-refractivity contribution is 7.18. The summed E-state index contributed by atoms with van der Waals surface area (Å²) in [6.45, 7) is 2.73. The standard InChI is InChI=1S/C24H26N4O2S/c1-30-19-11-9-18(10-12-19)21(17-25)27-13-15-28(16-14-27)24(29)8-4-7-23-26-20-5-2-3-6-22(20)31-23/h2-3,5-6,9-12,21H,4,7-8,13-16H2,1H3. The Bertz CT molecular complexity index is 1030. The quantitative estimate of drug-likeness (QED) is 0.561. The smallest absolute Gasteiger partial charge is 0.222 e. The number of thiazole rings is 1. The fourth-order valence-corrected chi connectivity index (χ4v) is 4.97. The van der Waals surface area contributed by atoms with Crippen LogP contribution in [0.15, 0.2) is 48.5 Å². The van der Waals surface area contributed by atoms with Gasteiger partial charge in [-0.15, -0.1) is 11.3 Å². The SMILES string of the molecule is COc1ccc(C(C#N)N2CCN(C(=O)CCCc3nc4ccccc4s3)CC2)cc1. The highest BCUT2D eigenvalue weighted by Crippen LogP contribution is 2.25. The van der Waals surface area contributed by atoms with Gasteiger partial charge in [0, 0.05) is 32.6 Å². The Kier molecular flexibility index (Phi) is 6.80. The number of hydrogen-bond donors (Lipinski definition) is 0. The van der Waals surface area contributed by atoms with Gasteiger partial charge in [0.2, 0.25) is 5.91 Å². The van der Waals surface area contributed by atoms with Gasteiger partial charge in [0.15, 0.2) is 0 Å². The molecule has 0 spiro atoms. The van der Waals surface area contributed by atoms with Crippen LogP contribution in [0.5, 0.6) is 5.75 Å². The summed E-state index contributed by atoms with van der Waals surface area (Å²) in [7, 11) is 1.63. The van der Waals surface area contributed by atoms with Gasteiger partial charge < -0.3 is 9.64 Å². The maximum atomic E-state index is 12.7. The van der Waals surface area contributed by atoms with E-state index in [1.807, 2.05) is 47.4 Å². The van der Waals surface area contributed by atoms with E-state index in [2.05, 4.69) is 22.0 Å². The van der Waals surface area contributed by atoms with Gasteiger partial charge in [0.05, 0.1) is 28.4 Å². The van der Waals surface area contributed by atoms with E-state index >= 15 is 0 Å². The molecular formula is C24H26N4O2S. The first kappa shape index (κ1) is 21.3.